The number of anilines is 3. The molecule has 2 heterocycles. The second-order valence-corrected chi connectivity index (χ2v) is 19.3. The summed E-state index contributed by atoms with van der Waals surface area (Å²) in [6.07, 6.45) is 5.87. The first-order chi connectivity index (χ1) is 34.8. The van der Waals surface area contributed by atoms with Gasteiger partial charge in [-0.3, -0.25) is 14.4 Å². The van der Waals surface area contributed by atoms with Gasteiger partial charge in [0.15, 0.2) is 11.6 Å². The third kappa shape index (κ3) is 13.7. The van der Waals surface area contributed by atoms with Crippen molar-refractivity contribution in [2.75, 3.05) is 61.0 Å². The molecule has 5 aromatic carbocycles. The number of hydrogen-bond donors (Lipinski definition) is 2. The van der Waals surface area contributed by atoms with E-state index in [0.29, 0.717) is 74.7 Å². The van der Waals surface area contributed by atoms with E-state index in [1.54, 1.807) is 37.3 Å². The van der Waals surface area contributed by atoms with Gasteiger partial charge in [-0.2, -0.15) is 13.2 Å². The Balaban J connectivity index is 1.00. The molecule has 3 amide bonds. The first-order valence-electron chi connectivity index (χ1n) is 23.2. The van der Waals surface area contributed by atoms with Crippen molar-refractivity contribution in [3.8, 4) is 18.1 Å². The monoisotopic (exact) mass is 1020 g/mol. The number of hydrogen-bond acceptors (Lipinski definition) is 11. The van der Waals surface area contributed by atoms with Gasteiger partial charge >= 0.3 is 6.18 Å². The predicted octanol–water partition coefficient (Wildman–Crippen LogP) is 9.90. The number of benzene rings is 5. The summed E-state index contributed by atoms with van der Waals surface area (Å²) in [6.45, 7) is 8.82. The number of piperidine rings is 1. The zero-order valence-corrected chi connectivity index (χ0v) is 40.9. The van der Waals surface area contributed by atoms with Gasteiger partial charge in [0, 0.05) is 86.4 Å². The number of ether oxygens (including phenoxy) is 2. The Kier molecular flexibility index (Phi) is 16.7. The standard InChI is InChI=1S/C54H52F4N6O8S/c1-5-45(72-46-22-24-64(25-23-46)53(67)39-9-6-35(2)7-10-39)19-8-36(3)34-71-47-31-40(37(4)51(65)59-42-15-13-41(14-16-42)54(56,57)58)30-44(32-47)63-28-26-62(27-29-63)43-17-11-38(12-18-43)52(66)61-73(69,70)48-20-21-49(55)50(33-48)60-68/h1,6-21,30-33,37,46H,22-29,34H2,2-4H3,(H,59,65)(H,61,66)/b36-8+,45-19+. The Morgan fingerprint density at radius 1 is 0.836 bits per heavy atom. The molecule has 0 aromatic heterocycles. The predicted molar refractivity (Wildman–Crippen MR) is 270 cm³/mol. The van der Waals surface area contributed by atoms with Crippen molar-refractivity contribution in [3.05, 3.63) is 171 Å². The lowest BCUT2D eigenvalue weighted by Crippen LogP contribution is -2.46. The summed E-state index contributed by atoms with van der Waals surface area (Å²) in [5.74, 6) is 0.215. The summed E-state index contributed by atoms with van der Waals surface area (Å²) in [6, 6.07) is 25.9. The average Bonchev–Trinajstić information content (AvgIpc) is 3.39. The molecular weight excluding hydrogens is 969 g/mol. The van der Waals surface area contributed by atoms with Crippen LogP contribution in [0.3, 0.4) is 0 Å². The van der Waals surface area contributed by atoms with Crippen LogP contribution < -0.4 is 24.6 Å². The van der Waals surface area contributed by atoms with Gasteiger partial charge < -0.3 is 29.5 Å². The molecule has 0 saturated carbocycles. The van der Waals surface area contributed by atoms with E-state index in [9.17, 15) is 45.3 Å². The Morgan fingerprint density at radius 2 is 1.47 bits per heavy atom. The maximum absolute atomic E-state index is 13.7. The number of terminal acetylenes is 1. The van der Waals surface area contributed by atoms with E-state index < -0.39 is 55.9 Å². The highest BCUT2D eigenvalue weighted by Gasteiger charge is 2.31. The quantitative estimate of drug-likeness (QED) is 0.0319. The fraction of sp³-hybridized carbons (Fsp3) is 0.278. The van der Waals surface area contributed by atoms with Gasteiger partial charge in [-0.15, -0.1) is 11.3 Å². The normalized spacial score (nSPS) is 15.2. The van der Waals surface area contributed by atoms with Crippen molar-refractivity contribution in [1.29, 1.82) is 0 Å². The van der Waals surface area contributed by atoms with E-state index in [-0.39, 0.29) is 29.9 Å². The topological polar surface area (TPSA) is 167 Å². The van der Waals surface area contributed by atoms with Gasteiger partial charge in [0.05, 0.1) is 16.4 Å². The number of rotatable bonds is 16. The van der Waals surface area contributed by atoms with Crippen molar-refractivity contribution < 1.29 is 49.8 Å². The summed E-state index contributed by atoms with van der Waals surface area (Å²) in [4.78, 5) is 55.9. The highest BCUT2D eigenvalue weighted by Crippen LogP contribution is 2.33. The number of nitrogens with zero attached hydrogens (tertiary/aromatic N) is 4. The number of carbonyl (C=O) groups is 3. The van der Waals surface area contributed by atoms with E-state index in [0.717, 1.165) is 52.8 Å². The zero-order chi connectivity index (χ0) is 52.5. The molecule has 0 radical (unpaired) electrons. The summed E-state index contributed by atoms with van der Waals surface area (Å²) in [7, 11) is -4.46. The molecule has 5 aromatic rings. The van der Waals surface area contributed by atoms with Gasteiger partial charge in [0.2, 0.25) is 5.91 Å². The van der Waals surface area contributed by atoms with Crippen molar-refractivity contribution in [1.82, 2.24) is 9.62 Å². The van der Waals surface area contributed by atoms with Crippen LogP contribution in [0.15, 0.2) is 143 Å². The van der Waals surface area contributed by atoms with E-state index in [1.807, 2.05) is 59.9 Å². The lowest BCUT2D eigenvalue weighted by Gasteiger charge is -2.37. The second kappa shape index (κ2) is 23.1. The molecule has 2 N–H and O–H groups in total. The van der Waals surface area contributed by atoms with Crippen LogP contribution in [0.1, 0.15) is 70.0 Å². The fourth-order valence-corrected chi connectivity index (χ4v) is 9.10. The van der Waals surface area contributed by atoms with E-state index in [1.165, 1.54) is 24.3 Å². The van der Waals surface area contributed by atoms with Crippen molar-refractivity contribution >= 4 is 50.5 Å². The first-order valence-corrected chi connectivity index (χ1v) is 24.7. The molecule has 2 saturated heterocycles. The number of alkyl halides is 3. The lowest BCUT2D eigenvalue weighted by atomic mass is 9.98. The molecule has 0 spiro atoms. The number of nitroso groups, excluding NO2 is 1. The van der Waals surface area contributed by atoms with Crippen LogP contribution in [-0.4, -0.2) is 83.0 Å². The lowest BCUT2D eigenvalue weighted by molar-refractivity contribution is -0.137. The maximum Gasteiger partial charge on any atom is 0.416 e. The van der Waals surface area contributed by atoms with Crippen LogP contribution in [0.25, 0.3) is 0 Å². The largest absolute Gasteiger partial charge is 0.489 e. The number of amides is 3. The summed E-state index contributed by atoms with van der Waals surface area (Å²) in [5, 5.41) is 5.19. The SMILES string of the molecule is C#C/C(=C\C=C(/C)COc1cc(C(C)C(=O)Nc2ccc(C(F)(F)F)cc2)cc(N2CCN(c3ccc(C(=O)NS(=O)(=O)c4ccc(F)c(N=O)c4)cc3)CC2)c1)OC1CCN(C(=O)c2ccc(C)cc2)CC1. The number of likely N-dealkylation sites (tertiary alicyclic amines) is 1. The van der Waals surface area contributed by atoms with Crippen LogP contribution in [0.5, 0.6) is 5.75 Å². The number of allylic oxidation sites excluding steroid dienone is 3. The van der Waals surface area contributed by atoms with Crippen molar-refractivity contribution in [2.24, 2.45) is 5.18 Å². The van der Waals surface area contributed by atoms with Gasteiger partial charge in [0.1, 0.15) is 24.1 Å². The molecule has 2 aliphatic rings. The Bertz CT molecular complexity index is 3050. The van der Waals surface area contributed by atoms with Crippen molar-refractivity contribution in [3.63, 3.8) is 0 Å². The molecule has 380 valence electrons. The fourth-order valence-electron chi connectivity index (χ4n) is 8.10. The van der Waals surface area contributed by atoms with E-state index in [4.69, 9.17) is 15.9 Å². The highest BCUT2D eigenvalue weighted by molar-refractivity contribution is 7.90. The minimum absolute atomic E-state index is 0.0201. The Hall–Kier alpha value is -7.98. The van der Waals surface area contributed by atoms with E-state index >= 15 is 0 Å². The summed E-state index contributed by atoms with van der Waals surface area (Å²) >= 11 is 0. The number of piperazine rings is 1. The smallest absolute Gasteiger partial charge is 0.416 e. The van der Waals surface area contributed by atoms with Crippen LogP contribution in [0.2, 0.25) is 0 Å². The minimum Gasteiger partial charge on any atom is -0.489 e. The maximum atomic E-state index is 13.7. The average molecular weight is 1020 g/mol. The molecule has 0 aliphatic carbocycles. The Labute approximate surface area is 420 Å². The summed E-state index contributed by atoms with van der Waals surface area (Å²) in [5.41, 5.74) is 3.30. The van der Waals surface area contributed by atoms with Crippen molar-refractivity contribution in [2.45, 2.75) is 56.7 Å². The molecule has 2 fully saturated rings. The zero-order valence-electron chi connectivity index (χ0n) is 40.1. The second-order valence-electron chi connectivity index (χ2n) is 17.7. The molecule has 2 aliphatic heterocycles. The number of aryl methyl sites for hydroxylation is 1. The third-order valence-electron chi connectivity index (χ3n) is 12.4. The molecule has 73 heavy (non-hydrogen) atoms. The van der Waals surface area contributed by atoms with Gasteiger partial charge in [-0.25, -0.2) is 17.5 Å². The van der Waals surface area contributed by atoms with Gasteiger partial charge in [-0.05, 0) is 140 Å². The molecule has 0 bridgehead atoms. The van der Waals surface area contributed by atoms with Crippen LogP contribution in [0, 0.1) is 30.0 Å². The molecular formula is C54H52F4N6O8S. The van der Waals surface area contributed by atoms with E-state index in [2.05, 4.69) is 26.2 Å². The molecule has 1 unspecified atom stereocenters. The number of halogens is 4. The third-order valence-corrected chi connectivity index (χ3v) is 13.8. The minimum atomic E-state index is -4.53. The highest BCUT2D eigenvalue weighted by atomic mass is 32.2. The van der Waals surface area contributed by atoms with Gasteiger partial charge in [-0.1, -0.05) is 23.8 Å². The van der Waals surface area contributed by atoms with Crippen LogP contribution in [0.4, 0.5) is 40.3 Å². The number of carbonyl (C=O) groups excluding carboxylic acids is 3. The Morgan fingerprint density at radius 3 is 2.08 bits per heavy atom. The van der Waals surface area contributed by atoms with Crippen LogP contribution in [-0.2, 0) is 25.7 Å². The van der Waals surface area contributed by atoms with Gasteiger partial charge in [0.25, 0.3) is 21.8 Å². The summed E-state index contributed by atoms with van der Waals surface area (Å²) < 4.78 is 93.4. The molecule has 19 heteroatoms. The number of nitrogens with one attached hydrogen (secondary N) is 2. The first kappa shape index (κ1) is 52.8. The molecule has 7 rings (SSSR count). The molecule has 14 nitrogen and oxygen atoms in total. The number of sulfonamides is 1. The van der Waals surface area contributed by atoms with Crippen LogP contribution >= 0.6 is 0 Å². The molecule has 1 atom stereocenters.